The maximum Gasteiger partial charge on any atom is 0.274 e. The zero-order valence-electron chi connectivity index (χ0n) is 17.7. The van der Waals surface area contributed by atoms with Crippen LogP contribution >= 0.6 is 0 Å². The Kier molecular flexibility index (Phi) is 6.38. The van der Waals surface area contributed by atoms with Crippen molar-refractivity contribution in [2.75, 3.05) is 33.4 Å². The van der Waals surface area contributed by atoms with Gasteiger partial charge in [-0.3, -0.25) is 9.78 Å². The molecule has 30 heavy (non-hydrogen) atoms. The van der Waals surface area contributed by atoms with Crippen molar-refractivity contribution in [3.05, 3.63) is 35.5 Å². The van der Waals surface area contributed by atoms with Crippen molar-refractivity contribution in [2.45, 2.75) is 51.0 Å². The molecule has 9 nitrogen and oxygen atoms in total. The van der Waals surface area contributed by atoms with Crippen LogP contribution in [0.5, 0.6) is 0 Å². The Hall–Kier alpha value is -2.39. The second kappa shape index (κ2) is 9.18. The molecule has 9 heteroatoms. The predicted octanol–water partition coefficient (Wildman–Crippen LogP) is 2.00. The Labute approximate surface area is 176 Å². The highest BCUT2D eigenvalue weighted by Gasteiger charge is 2.41. The lowest BCUT2D eigenvalue weighted by Crippen LogP contribution is -2.51. The summed E-state index contributed by atoms with van der Waals surface area (Å²) in [5.74, 6) is 1.77. The molecule has 1 spiro atoms. The summed E-state index contributed by atoms with van der Waals surface area (Å²) in [5.41, 5.74) is 1.04. The van der Waals surface area contributed by atoms with Gasteiger partial charge in [-0.2, -0.15) is 4.98 Å². The third-order valence-electron chi connectivity index (χ3n) is 6.06. The van der Waals surface area contributed by atoms with Gasteiger partial charge in [0.2, 0.25) is 5.89 Å². The van der Waals surface area contributed by atoms with Gasteiger partial charge in [0.05, 0.1) is 24.1 Å². The van der Waals surface area contributed by atoms with Crippen LogP contribution in [-0.2, 0) is 22.3 Å². The minimum atomic E-state index is -0.169. The fraction of sp³-hybridized carbons (Fsp3) is 0.667. The van der Waals surface area contributed by atoms with E-state index < -0.39 is 0 Å². The molecule has 4 rings (SSSR count). The summed E-state index contributed by atoms with van der Waals surface area (Å²) in [6.07, 6.45) is 8.22. The molecule has 0 saturated carbocycles. The summed E-state index contributed by atoms with van der Waals surface area (Å²) < 4.78 is 16.7. The third kappa shape index (κ3) is 4.84. The molecule has 2 aromatic heterocycles. The van der Waals surface area contributed by atoms with Crippen LogP contribution in [0, 0.1) is 12.8 Å². The zero-order chi connectivity index (χ0) is 21.0. The molecule has 1 amide bonds. The van der Waals surface area contributed by atoms with Crippen LogP contribution in [0.1, 0.15) is 53.6 Å². The molecule has 1 unspecified atom stereocenters. The second-order valence-corrected chi connectivity index (χ2v) is 8.28. The van der Waals surface area contributed by atoms with Gasteiger partial charge in [-0.15, -0.1) is 0 Å². The van der Waals surface area contributed by atoms with Gasteiger partial charge in [-0.25, -0.2) is 4.98 Å². The number of ether oxygens (including phenoxy) is 2. The van der Waals surface area contributed by atoms with E-state index in [4.69, 9.17) is 14.0 Å². The first-order valence-electron chi connectivity index (χ1n) is 10.6. The fourth-order valence-electron chi connectivity index (χ4n) is 4.35. The Morgan fingerprint density at radius 3 is 2.87 bits per heavy atom. The van der Waals surface area contributed by atoms with E-state index in [2.05, 4.69) is 20.1 Å². The molecule has 2 fully saturated rings. The van der Waals surface area contributed by atoms with Crippen molar-refractivity contribution in [3.8, 4) is 0 Å². The van der Waals surface area contributed by atoms with Crippen LogP contribution in [0.25, 0.3) is 0 Å². The van der Waals surface area contributed by atoms with Crippen LogP contribution in [-0.4, -0.2) is 69.9 Å². The third-order valence-corrected chi connectivity index (χ3v) is 6.06. The molecule has 1 atom stereocenters. The lowest BCUT2D eigenvalue weighted by atomic mass is 9.78. The van der Waals surface area contributed by atoms with Gasteiger partial charge in [-0.1, -0.05) is 5.16 Å². The summed E-state index contributed by atoms with van der Waals surface area (Å²) >= 11 is 0. The zero-order valence-corrected chi connectivity index (χ0v) is 17.7. The molecule has 0 N–H and O–H groups in total. The molecular formula is C21H29N5O4. The number of amides is 1. The monoisotopic (exact) mass is 415 g/mol. The second-order valence-electron chi connectivity index (χ2n) is 8.28. The summed E-state index contributed by atoms with van der Waals surface area (Å²) in [4.78, 5) is 27.5. The average molecular weight is 415 g/mol. The minimum absolute atomic E-state index is 0.0563. The first-order valence-corrected chi connectivity index (χ1v) is 10.6. The van der Waals surface area contributed by atoms with Gasteiger partial charge in [0.1, 0.15) is 5.69 Å². The summed E-state index contributed by atoms with van der Waals surface area (Å²) in [5, 5.41) is 4.03. The molecule has 0 aromatic carbocycles. The molecule has 2 aliphatic rings. The number of piperidine rings is 1. The van der Waals surface area contributed by atoms with E-state index in [1.807, 2.05) is 11.8 Å². The van der Waals surface area contributed by atoms with E-state index in [0.29, 0.717) is 49.4 Å². The Morgan fingerprint density at radius 1 is 1.30 bits per heavy atom. The lowest BCUT2D eigenvalue weighted by Gasteiger charge is -2.46. The fourth-order valence-corrected chi connectivity index (χ4v) is 4.35. The number of aryl methyl sites for hydroxylation is 1. The molecule has 0 aliphatic carbocycles. The molecule has 2 aliphatic heterocycles. The van der Waals surface area contributed by atoms with E-state index in [-0.39, 0.29) is 11.5 Å². The van der Waals surface area contributed by atoms with Gasteiger partial charge < -0.3 is 18.9 Å². The molecule has 2 aromatic rings. The van der Waals surface area contributed by atoms with Gasteiger partial charge in [0.25, 0.3) is 5.91 Å². The number of carbonyl (C=O) groups excluding carboxylic acids is 1. The summed E-state index contributed by atoms with van der Waals surface area (Å²) in [6, 6.07) is 0. The van der Waals surface area contributed by atoms with Crippen molar-refractivity contribution in [1.82, 2.24) is 25.0 Å². The normalized spacial score (nSPS) is 21.1. The SMILES string of the molecule is COCCc1noc(CC2CCOC3(CCN(C(=O)c4cnc(C)cn4)CC3)C2)n1. The quantitative estimate of drug-likeness (QED) is 0.706. The number of hydrogen-bond donors (Lipinski definition) is 0. The Bertz CT molecular complexity index is 845. The van der Waals surface area contributed by atoms with E-state index in [1.165, 1.54) is 0 Å². The standard InChI is InChI=1S/C21H29N5O4/c1-15-13-23-17(14-22-15)20(27)26-7-5-21(6-8-26)12-16(3-10-29-21)11-19-24-18(25-30-19)4-9-28-2/h13-14,16H,3-12H2,1-2H3. The van der Waals surface area contributed by atoms with Crippen LogP contribution < -0.4 is 0 Å². The van der Waals surface area contributed by atoms with E-state index >= 15 is 0 Å². The summed E-state index contributed by atoms with van der Waals surface area (Å²) in [6.45, 7) is 4.51. The molecular weight excluding hydrogens is 386 g/mol. The van der Waals surface area contributed by atoms with Gasteiger partial charge in [-0.05, 0) is 38.5 Å². The van der Waals surface area contributed by atoms with Crippen molar-refractivity contribution >= 4 is 5.91 Å². The van der Waals surface area contributed by atoms with Gasteiger partial charge >= 0.3 is 0 Å². The molecule has 162 valence electrons. The maximum absolute atomic E-state index is 12.7. The lowest BCUT2D eigenvalue weighted by molar-refractivity contribution is -0.124. The smallest absolute Gasteiger partial charge is 0.274 e. The van der Waals surface area contributed by atoms with E-state index in [9.17, 15) is 4.79 Å². The largest absolute Gasteiger partial charge is 0.384 e. The van der Waals surface area contributed by atoms with Crippen molar-refractivity contribution < 1.29 is 18.8 Å². The van der Waals surface area contributed by atoms with Gasteiger partial charge in [0.15, 0.2) is 5.82 Å². The maximum atomic E-state index is 12.7. The number of hydrogen-bond acceptors (Lipinski definition) is 8. The number of likely N-dealkylation sites (tertiary alicyclic amines) is 1. The first-order chi connectivity index (χ1) is 14.6. The van der Waals surface area contributed by atoms with Crippen molar-refractivity contribution in [3.63, 3.8) is 0 Å². The molecule has 0 bridgehead atoms. The molecule has 4 heterocycles. The van der Waals surface area contributed by atoms with Gasteiger partial charge in [0, 0.05) is 45.8 Å². The Balaban J connectivity index is 1.31. The topological polar surface area (TPSA) is 103 Å². The van der Waals surface area contributed by atoms with E-state index in [1.54, 1.807) is 19.5 Å². The van der Waals surface area contributed by atoms with Crippen molar-refractivity contribution in [1.29, 1.82) is 0 Å². The number of rotatable bonds is 6. The average Bonchev–Trinajstić information content (AvgIpc) is 3.20. The van der Waals surface area contributed by atoms with Crippen molar-refractivity contribution in [2.24, 2.45) is 5.92 Å². The number of aromatic nitrogens is 4. The first kappa shape index (κ1) is 20.9. The van der Waals surface area contributed by atoms with Crippen LogP contribution in [0.2, 0.25) is 0 Å². The predicted molar refractivity (Wildman–Crippen MR) is 107 cm³/mol. The highest BCUT2D eigenvalue weighted by atomic mass is 16.5. The van der Waals surface area contributed by atoms with Crippen LogP contribution in [0.3, 0.4) is 0 Å². The number of nitrogens with zero attached hydrogens (tertiary/aromatic N) is 5. The van der Waals surface area contributed by atoms with Crippen LogP contribution in [0.15, 0.2) is 16.9 Å². The van der Waals surface area contributed by atoms with Crippen LogP contribution in [0.4, 0.5) is 0 Å². The highest BCUT2D eigenvalue weighted by Crippen LogP contribution is 2.38. The molecule has 2 saturated heterocycles. The summed E-state index contributed by atoms with van der Waals surface area (Å²) in [7, 11) is 1.66. The number of methoxy groups -OCH3 is 1. The Morgan fingerprint density at radius 2 is 2.13 bits per heavy atom. The number of carbonyl (C=O) groups is 1. The minimum Gasteiger partial charge on any atom is -0.384 e. The highest BCUT2D eigenvalue weighted by molar-refractivity contribution is 5.92. The van der Waals surface area contributed by atoms with E-state index in [0.717, 1.165) is 44.4 Å². The molecule has 0 radical (unpaired) electrons.